The largest absolute Gasteiger partial charge is 0.452 e. The molecule has 1 atom stereocenters. The van der Waals surface area contributed by atoms with E-state index in [-0.39, 0.29) is 12.5 Å². The van der Waals surface area contributed by atoms with Crippen LogP contribution in [0.3, 0.4) is 0 Å². The highest BCUT2D eigenvalue weighted by Crippen LogP contribution is 2.32. The van der Waals surface area contributed by atoms with Gasteiger partial charge >= 0.3 is 5.97 Å². The number of carbonyl (C=O) groups is 2. The highest BCUT2D eigenvalue weighted by molar-refractivity contribution is 5.97. The van der Waals surface area contributed by atoms with Crippen molar-refractivity contribution in [2.75, 3.05) is 13.7 Å². The van der Waals surface area contributed by atoms with Crippen LogP contribution in [0.25, 0.3) is 10.9 Å². The molecule has 2 aromatic carbocycles. The first-order valence-corrected chi connectivity index (χ1v) is 10.1. The fourth-order valence-corrected chi connectivity index (χ4v) is 3.98. The summed E-state index contributed by atoms with van der Waals surface area (Å²) in [6, 6.07) is 15.3. The minimum Gasteiger partial charge on any atom is -0.452 e. The molecule has 29 heavy (non-hydrogen) atoms. The number of ether oxygens (including phenoxy) is 1. The second kappa shape index (κ2) is 8.11. The van der Waals surface area contributed by atoms with E-state index in [1.807, 2.05) is 42.5 Å². The molecule has 1 amide bonds. The van der Waals surface area contributed by atoms with Crippen molar-refractivity contribution in [3.05, 3.63) is 70.9 Å². The number of esters is 1. The summed E-state index contributed by atoms with van der Waals surface area (Å²) in [6.45, 7) is 2.48. The van der Waals surface area contributed by atoms with Gasteiger partial charge in [-0.1, -0.05) is 37.3 Å². The van der Waals surface area contributed by atoms with Gasteiger partial charge in [0.05, 0.1) is 5.56 Å². The lowest BCUT2D eigenvalue weighted by Gasteiger charge is -2.18. The highest BCUT2D eigenvalue weighted by atomic mass is 16.5. The van der Waals surface area contributed by atoms with Crippen LogP contribution in [0.1, 0.15) is 40.5 Å². The van der Waals surface area contributed by atoms with Crippen LogP contribution in [0.4, 0.5) is 0 Å². The van der Waals surface area contributed by atoms with E-state index >= 15 is 0 Å². The Bertz CT molecular complexity index is 1040. The third kappa shape index (κ3) is 4.19. The molecule has 5 nitrogen and oxygen atoms in total. The molecule has 0 saturated carbocycles. The molecule has 0 bridgehead atoms. The van der Waals surface area contributed by atoms with Crippen molar-refractivity contribution in [3.63, 3.8) is 0 Å². The summed E-state index contributed by atoms with van der Waals surface area (Å²) in [5.74, 6) is -0.0434. The van der Waals surface area contributed by atoms with Gasteiger partial charge < -0.3 is 14.6 Å². The maximum Gasteiger partial charge on any atom is 0.338 e. The Hall–Kier alpha value is -3.08. The fraction of sp³-hybridized carbons (Fsp3) is 0.333. The number of hydrogen-bond donors (Lipinski definition) is 1. The topological polar surface area (TPSA) is 62.4 Å². The first kappa shape index (κ1) is 19.2. The van der Waals surface area contributed by atoms with E-state index in [0.29, 0.717) is 18.0 Å². The van der Waals surface area contributed by atoms with Gasteiger partial charge in [-0.2, -0.15) is 0 Å². The van der Waals surface area contributed by atoms with Crippen molar-refractivity contribution < 1.29 is 14.3 Å². The number of aromatic nitrogens is 1. The van der Waals surface area contributed by atoms with Crippen molar-refractivity contribution in [1.82, 2.24) is 9.88 Å². The lowest BCUT2D eigenvalue weighted by molar-refractivity contribution is -0.133. The van der Waals surface area contributed by atoms with E-state index in [1.165, 1.54) is 17.7 Å². The number of benzene rings is 2. The second-order valence-electron chi connectivity index (χ2n) is 8.00. The van der Waals surface area contributed by atoms with E-state index in [1.54, 1.807) is 18.0 Å². The number of likely N-dealkylation sites (N-methyl/N-ethyl adjacent to an activating group) is 1. The molecule has 0 fully saturated rings. The third-order valence-electron chi connectivity index (χ3n) is 5.69. The van der Waals surface area contributed by atoms with Crippen LogP contribution in [0, 0.1) is 5.92 Å². The molecule has 150 valence electrons. The molecule has 1 N–H and O–H groups in total. The Kier molecular flexibility index (Phi) is 5.38. The predicted octanol–water partition coefficient (Wildman–Crippen LogP) is 4.11. The molecule has 4 rings (SSSR count). The number of carbonyl (C=O) groups excluding carboxylic acids is 2. The molecule has 5 heteroatoms. The minimum atomic E-state index is -0.466. The molecule has 0 unspecified atom stereocenters. The van der Waals surface area contributed by atoms with Crippen LogP contribution >= 0.6 is 0 Å². The molecule has 0 saturated heterocycles. The molecular weight excluding hydrogens is 364 g/mol. The van der Waals surface area contributed by atoms with E-state index in [4.69, 9.17) is 4.74 Å². The van der Waals surface area contributed by atoms with Gasteiger partial charge in [-0.25, -0.2) is 4.79 Å². The summed E-state index contributed by atoms with van der Waals surface area (Å²) in [7, 11) is 1.71. The molecule has 0 radical (unpaired) electrons. The van der Waals surface area contributed by atoms with Gasteiger partial charge in [-0.15, -0.1) is 0 Å². The number of H-pyrrole nitrogens is 1. The Morgan fingerprint density at radius 2 is 1.97 bits per heavy atom. The number of aromatic amines is 1. The smallest absolute Gasteiger partial charge is 0.338 e. The minimum absolute atomic E-state index is 0.226. The van der Waals surface area contributed by atoms with Gasteiger partial charge in [0, 0.05) is 30.2 Å². The summed E-state index contributed by atoms with van der Waals surface area (Å²) in [6.07, 6.45) is 3.26. The number of rotatable bonds is 5. The number of amides is 1. The van der Waals surface area contributed by atoms with Gasteiger partial charge in [0.15, 0.2) is 6.61 Å². The van der Waals surface area contributed by atoms with E-state index in [2.05, 4.69) is 11.9 Å². The molecule has 1 aromatic heterocycles. The van der Waals surface area contributed by atoms with E-state index in [9.17, 15) is 9.59 Å². The quantitative estimate of drug-likeness (QED) is 0.667. The van der Waals surface area contributed by atoms with Crippen LogP contribution in [0.2, 0.25) is 0 Å². The summed E-state index contributed by atoms with van der Waals surface area (Å²) < 4.78 is 5.30. The summed E-state index contributed by atoms with van der Waals surface area (Å²) in [4.78, 5) is 29.9. The van der Waals surface area contributed by atoms with Gasteiger partial charge in [0.2, 0.25) is 0 Å². The van der Waals surface area contributed by atoms with E-state index < -0.39 is 5.97 Å². The predicted molar refractivity (Wildman–Crippen MR) is 113 cm³/mol. The standard InChI is InChI=1S/C24H26N2O3/c1-16-8-10-21-19(12-16)20-13-18(9-11-22(20)25-21)24(28)29-15-23(27)26(2)14-17-6-4-3-5-7-17/h3-7,9,11,13,16,25H,8,10,12,14-15H2,1-2H3/t16-/m0/s1. The van der Waals surface area contributed by atoms with E-state index in [0.717, 1.165) is 29.3 Å². The fourth-order valence-electron chi connectivity index (χ4n) is 3.98. The number of nitrogens with one attached hydrogen (secondary N) is 1. The maximum absolute atomic E-state index is 12.5. The highest BCUT2D eigenvalue weighted by Gasteiger charge is 2.21. The second-order valence-corrected chi connectivity index (χ2v) is 8.00. The Labute approximate surface area is 170 Å². The van der Waals surface area contributed by atoms with Crippen molar-refractivity contribution in [2.24, 2.45) is 5.92 Å². The number of hydrogen-bond acceptors (Lipinski definition) is 3. The number of aryl methyl sites for hydroxylation is 1. The summed E-state index contributed by atoms with van der Waals surface area (Å²) in [5.41, 5.74) is 5.16. The summed E-state index contributed by atoms with van der Waals surface area (Å²) in [5, 5.41) is 1.09. The van der Waals surface area contributed by atoms with Crippen LogP contribution in [0.5, 0.6) is 0 Å². The lowest BCUT2D eigenvalue weighted by Crippen LogP contribution is -2.30. The first-order valence-electron chi connectivity index (χ1n) is 10.1. The first-order chi connectivity index (χ1) is 14.0. The zero-order valence-corrected chi connectivity index (χ0v) is 16.9. The summed E-state index contributed by atoms with van der Waals surface area (Å²) >= 11 is 0. The van der Waals surface area contributed by atoms with Crippen LogP contribution in [-0.2, 0) is 28.9 Å². The maximum atomic E-state index is 12.5. The molecular formula is C24H26N2O3. The van der Waals surface area contributed by atoms with Crippen molar-refractivity contribution in [1.29, 1.82) is 0 Å². The van der Waals surface area contributed by atoms with Gasteiger partial charge in [-0.05, 0) is 54.5 Å². The van der Waals surface area contributed by atoms with Gasteiger partial charge in [0.1, 0.15) is 0 Å². The zero-order chi connectivity index (χ0) is 20.4. The van der Waals surface area contributed by atoms with Crippen LogP contribution < -0.4 is 0 Å². The molecule has 1 aliphatic carbocycles. The number of fused-ring (bicyclic) bond motifs is 3. The molecule has 1 heterocycles. The monoisotopic (exact) mass is 390 g/mol. The normalized spacial score (nSPS) is 15.7. The Morgan fingerprint density at radius 3 is 2.76 bits per heavy atom. The Morgan fingerprint density at radius 1 is 1.17 bits per heavy atom. The zero-order valence-electron chi connectivity index (χ0n) is 16.9. The Balaban J connectivity index is 1.41. The number of nitrogens with zero attached hydrogens (tertiary/aromatic N) is 1. The van der Waals surface area contributed by atoms with Crippen LogP contribution in [-0.4, -0.2) is 35.4 Å². The van der Waals surface area contributed by atoms with Crippen LogP contribution in [0.15, 0.2) is 48.5 Å². The van der Waals surface area contributed by atoms with Crippen molar-refractivity contribution in [2.45, 2.75) is 32.7 Å². The average molecular weight is 390 g/mol. The van der Waals surface area contributed by atoms with Crippen molar-refractivity contribution in [3.8, 4) is 0 Å². The SMILES string of the molecule is C[C@H]1CCc2[nH]c3ccc(C(=O)OCC(=O)N(C)Cc4ccccc4)cc3c2C1. The molecule has 0 spiro atoms. The average Bonchev–Trinajstić information content (AvgIpc) is 3.09. The molecule has 0 aliphatic heterocycles. The lowest BCUT2D eigenvalue weighted by atomic mass is 9.87. The molecule has 3 aromatic rings. The van der Waals surface area contributed by atoms with Gasteiger partial charge in [-0.3, -0.25) is 4.79 Å². The van der Waals surface area contributed by atoms with Gasteiger partial charge in [0.25, 0.3) is 5.91 Å². The third-order valence-corrected chi connectivity index (χ3v) is 5.69. The molecule has 1 aliphatic rings. The van der Waals surface area contributed by atoms with Crippen molar-refractivity contribution >= 4 is 22.8 Å².